The van der Waals surface area contributed by atoms with Crippen molar-refractivity contribution in [1.29, 1.82) is 0 Å². The molecule has 0 aromatic heterocycles. The first-order valence-corrected chi connectivity index (χ1v) is 6.40. The van der Waals surface area contributed by atoms with E-state index in [0.717, 1.165) is 19.3 Å². The van der Waals surface area contributed by atoms with Gasteiger partial charge >= 0.3 is 0 Å². The molecule has 0 unspecified atom stereocenters. The molecular weight excluding hydrogens is 202 g/mol. The van der Waals surface area contributed by atoms with Crippen molar-refractivity contribution < 1.29 is 13.0 Å². The summed E-state index contributed by atoms with van der Waals surface area (Å²) in [5, 5.41) is 0. The van der Waals surface area contributed by atoms with Crippen LogP contribution in [0, 0.1) is 5.41 Å². The molecule has 0 heterocycles. The van der Waals surface area contributed by atoms with Gasteiger partial charge in [-0.15, -0.1) is 0 Å². The largest absolute Gasteiger partial charge is 0.748 e. The van der Waals surface area contributed by atoms with Crippen LogP contribution in [0.25, 0.3) is 0 Å². The standard InChI is InChI=1S/C9H20O3S.H3N/c1-4-9(5-2,6-3)7-8-13(10,11)12;/h4-8H2,1-3H3,(H,10,11,12);1H3. The van der Waals surface area contributed by atoms with Crippen LogP contribution < -0.4 is 6.15 Å². The van der Waals surface area contributed by atoms with E-state index in [9.17, 15) is 13.0 Å². The minimum atomic E-state index is -4.04. The van der Waals surface area contributed by atoms with Crippen LogP contribution in [-0.4, -0.2) is 18.7 Å². The van der Waals surface area contributed by atoms with Crippen molar-refractivity contribution >= 4 is 10.1 Å². The molecular formula is C9H23NO3S. The van der Waals surface area contributed by atoms with E-state index >= 15 is 0 Å². The maximum Gasteiger partial charge on any atom is 0.0946 e. The summed E-state index contributed by atoms with van der Waals surface area (Å²) in [5.41, 5.74) is 0.0531. The lowest BCUT2D eigenvalue weighted by molar-refractivity contribution is 0.239. The van der Waals surface area contributed by atoms with Crippen LogP contribution in [0.2, 0.25) is 0 Å². The molecule has 0 aliphatic carbocycles. The van der Waals surface area contributed by atoms with Gasteiger partial charge in [-0.1, -0.05) is 40.0 Å². The molecule has 88 valence electrons. The topological polar surface area (TPSA) is 93.7 Å². The van der Waals surface area contributed by atoms with E-state index in [-0.39, 0.29) is 17.3 Å². The first-order chi connectivity index (χ1) is 5.89. The van der Waals surface area contributed by atoms with Crippen molar-refractivity contribution in [3.05, 3.63) is 0 Å². The molecule has 0 spiro atoms. The Labute approximate surface area is 87.4 Å². The molecule has 0 saturated carbocycles. The number of rotatable bonds is 6. The average Bonchev–Trinajstić information content (AvgIpc) is 2.06. The Kier molecular flexibility index (Phi) is 7.42. The molecule has 5 heteroatoms. The third-order valence-corrected chi connectivity index (χ3v) is 3.84. The molecule has 0 aromatic rings. The van der Waals surface area contributed by atoms with Gasteiger partial charge in [0.25, 0.3) is 0 Å². The number of hydrogen-bond donors (Lipinski definition) is 1. The molecule has 0 rings (SSSR count). The van der Waals surface area contributed by atoms with Gasteiger partial charge in [-0.25, -0.2) is 8.42 Å². The zero-order valence-electron chi connectivity index (χ0n) is 9.67. The van der Waals surface area contributed by atoms with Crippen molar-refractivity contribution in [1.82, 2.24) is 6.15 Å². The second-order valence-corrected chi connectivity index (χ2v) is 5.10. The SMILES string of the molecule is CCC(CC)(CC)CCS(=O)(=O)[O-].[NH4+]. The summed E-state index contributed by atoms with van der Waals surface area (Å²) in [6.07, 6.45) is 3.32. The molecule has 0 amide bonds. The van der Waals surface area contributed by atoms with Crippen LogP contribution in [0.5, 0.6) is 0 Å². The van der Waals surface area contributed by atoms with Crippen molar-refractivity contribution in [3.8, 4) is 0 Å². The molecule has 4 N–H and O–H groups in total. The van der Waals surface area contributed by atoms with Crippen LogP contribution in [0.4, 0.5) is 0 Å². The Bertz CT molecular complexity index is 224. The molecule has 0 fully saturated rings. The van der Waals surface area contributed by atoms with Crippen molar-refractivity contribution in [2.24, 2.45) is 5.41 Å². The summed E-state index contributed by atoms with van der Waals surface area (Å²) >= 11 is 0. The Balaban J connectivity index is 0. The number of quaternary nitrogens is 1. The fourth-order valence-corrected chi connectivity index (χ4v) is 2.30. The average molecular weight is 225 g/mol. The Morgan fingerprint density at radius 1 is 1.07 bits per heavy atom. The van der Waals surface area contributed by atoms with Crippen molar-refractivity contribution in [2.75, 3.05) is 5.75 Å². The lowest BCUT2D eigenvalue weighted by Crippen LogP contribution is -2.22. The van der Waals surface area contributed by atoms with Crippen LogP contribution in [0.1, 0.15) is 46.5 Å². The van der Waals surface area contributed by atoms with Crippen molar-refractivity contribution in [2.45, 2.75) is 46.5 Å². The smallest absolute Gasteiger partial charge is 0.0946 e. The Morgan fingerprint density at radius 2 is 1.43 bits per heavy atom. The molecule has 4 nitrogen and oxygen atoms in total. The van der Waals surface area contributed by atoms with Crippen LogP contribution in [0.3, 0.4) is 0 Å². The molecule has 0 radical (unpaired) electrons. The van der Waals surface area contributed by atoms with Crippen LogP contribution in [0.15, 0.2) is 0 Å². The van der Waals surface area contributed by atoms with Gasteiger partial charge in [0, 0.05) is 5.75 Å². The van der Waals surface area contributed by atoms with Crippen molar-refractivity contribution in [3.63, 3.8) is 0 Å². The van der Waals surface area contributed by atoms with E-state index in [1.807, 2.05) is 20.8 Å². The first-order valence-electron chi connectivity index (χ1n) is 4.82. The Morgan fingerprint density at radius 3 is 1.64 bits per heavy atom. The molecule has 0 saturated heterocycles. The lowest BCUT2D eigenvalue weighted by atomic mass is 9.78. The normalized spacial score (nSPS) is 12.3. The monoisotopic (exact) mass is 225 g/mol. The summed E-state index contributed by atoms with van der Waals surface area (Å²) in [4.78, 5) is 0. The molecule has 0 aliphatic heterocycles. The number of hydrogen-bond acceptors (Lipinski definition) is 3. The molecule has 0 aromatic carbocycles. The van der Waals surface area contributed by atoms with Crippen LogP contribution in [-0.2, 0) is 10.1 Å². The quantitative estimate of drug-likeness (QED) is 0.704. The highest BCUT2D eigenvalue weighted by Gasteiger charge is 2.23. The third kappa shape index (κ3) is 5.57. The predicted molar refractivity (Wildman–Crippen MR) is 58.5 cm³/mol. The predicted octanol–water partition coefficient (Wildman–Crippen LogP) is 2.51. The Hall–Kier alpha value is -0.130. The van der Waals surface area contributed by atoms with E-state index in [4.69, 9.17) is 0 Å². The molecule has 0 bridgehead atoms. The van der Waals surface area contributed by atoms with Gasteiger partial charge in [0.1, 0.15) is 0 Å². The zero-order valence-corrected chi connectivity index (χ0v) is 10.5. The highest BCUT2D eigenvalue weighted by atomic mass is 32.2. The van der Waals surface area contributed by atoms with E-state index in [1.165, 1.54) is 0 Å². The highest BCUT2D eigenvalue weighted by molar-refractivity contribution is 7.85. The maximum atomic E-state index is 10.5. The van der Waals surface area contributed by atoms with E-state index in [0.29, 0.717) is 6.42 Å². The zero-order chi connectivity index (χ0) is 10.5. The van der Waals surface area contributed by atoms with Gasteiger partial charge in [-0.2, -0.15) is 0 Å². The van der Waals surface area contributed by atoms with E-state index < -0.39 is 10.1 Å². The maximum absolute atomic E-state index is 10.5. The molecule has 14 heavy (non-hydrogen) atoms. The van der Waals surface area contributed by atoms with Gasteiger partial charge in [0.2, 0.25) is 0 Å². The summed E-state index contributed by atoms with van der Waals surface area (Å²) in [5.74, 6) is -0.220. The van der Waals surface area contributed by atoms with Gasteiger partial charge < -0.3 is 10.7 Å². The van der Waals surface area contributed by atoms with Crippen LogP contribution >= 0.6 is 0 Å². The fourth-order valence-electron chi connectivity index (χ4n) is 1.62. The summed E-state index contributed by atoms with van der Waals surface area (Å²) < 4.78 is 31.4. The first kappa shape index (κ1) is 16.3. The minimum absolute atomic E-state index is 0. The lowest BCUT2D eigenvalue weighted by Gasteiger charge is -2.30. The molecule has 0 atom stereocenters. The summed E-state index contributed by atoms with van der Waals surface area (Å²) in [6, 6.07) is 0. The second-order valence-electron chi connectivity index (χ2n) is 3.57. The van der Waals surface area contributed by atoms with Gasteiger partial charge in [-0.05, 0) is 11.8 Å². The van der Waals surface area contributed by atoms with E-state index in [2.05, 4.69) is 0 Å². The summed E-state index contributed by atoms with van der Waals surface area (Å²) in [6.45, 7) is 6.14. The third-order valence-electron chi connectivity index (χ3n) is 3.13. The van der Waals surface area contributed by atoms with Gasteiger partial charge in [0.15, 0.2) is 0 Å². The van der Waals surface area contributed by atoms with E-state index in [1.54, 1.807) is 0 Å². The summed E-state index contributed by atoms with van der Waals surface area (Å²) in [7, 11) is -4.04. The molecule has 0 aliphatic rings. The van der Waals surface area contributed by atoms with Gasteiger partial charge in [0.05, 0.1) is 10.1 Å². The second kappa shape index (κ2) is 6.37. The fraction of sp³-hybridized carbons (Fsp3) is 1.00. The van der Waals surface area contributed by atoms with Gasteiger partial charge in [-0.3, -0.25) is 0 Å². The minimum Gasteiger partial charge on any atom is -0.748 e. The highest BCUT2D eigenvalue weighted by Crippen LogP contribution is 2.34.